The number of rotatable bonds is 6. The molecular formula is C21H22N2O3S. The molecule has 0 radical (unpaired) electrons. The Labute approximate surface area is 163 Å². The minimum Gasteiger partial charge on any atom is -0.497 e. The molecule has 0 spiro atoms. The number of benzene rings is 2. The molecule has 0 saturated heterocycles. The summed E-state index contributed by atoms with van der Waals surface area (Å²) in [4.78, 5) is 26.2. The number of ether oxygens (including phenoxy) is 1. The first-order valence-corrected chi connectivity index (χ1v) is 9.69. The third-order valence-corrected chi connectivity index (χ3v) is 5.24. The second-order valence-corrected chi connectivity index (χ2v) is 7.25. The molecule has 1 aliphatic rings. The fourth-order valence-corrected chi connectivity index (χ4v) is 3.60. The van der Waals surface area contributed by atoms with Crippen LogP contribution >= 0.6 is 11.8 Å². The van der Waals surface area contributed by atoms with Crippen LogP contribution in [0, 0.1) is 0 Å². The van der Waals surface area contributed by atoms with Crippen LogP contribution in [0.15, 0.2) is 52.3 Å². The second-order valence-electron chi connectivity index (χ2n) is 6.16. The van der Waals surface area contributed by atoms with Crippen molar-refractivity contribution in [2.75, 3.05) is 19.0 Å². The number of methoxy groups -OCH3 is 1. The molecule has 0 saturated carbocycles. The predicted octanol–water partition coefficient (Wildman–Crippen LogP) is 4.31. The number of carbonyl (C=O) groups excluding carboxylic acids is 2. The zero-order valence-corrected chi connectivity index (χ0v) is 16.2. The minimum atomic E-state index is -0.182. The van der Waals surface area contributed by atoms with Crippen molar-refractivity contribution in [1.82, 2.24) is 5.32 Å². The topological polar surface area (TPSA) is 67.4 Å². The van der Waals surface area contributed by atoms with Gasteiger partial charge in [-0.05, 0) is 48.4 Å². The van der Waals surface area contributed by atoms with Gasteiger partial charge in [-0.25, -0.2) is 0 Å². The Morgan fingerprint density at radius 3 is 2.89 bits per heavy atom. The molecule has 1 heterocycles. The molecule has 2 amide bonds. The Kier molecular flexibility index (Phi) is 6.19. The van der Waals surface area contributed by atoms with E-state index >= 15 is 0 Å². The van der Waals surface area contributed by atoms with E-state index in [0.29, 0.717) is 22.7 Å². The molecule has 1 aliphatic heterocycles. The van der Waals surface area contributed by atoms with Crippen molar-refractivity contribution in [3.05, 3.63) is 58.5 Å². The fraction of sp³-hybridized carbons (Fsp3) is 0.238. The summed E-state index contributed by atoms with van der Waals surface area (Å²) in [5.41, 5.74) is 2.10. The molecule has 2 aromatic carbocycles. The van der Waals surface area contributed by atoms with E-state index in [1.54, 1.807) is 19.2 Å². The van der Waals surface area contributed by atoms with Gasteiger partial charge in [-0.1, -0.05) is 37.2 Å². The van der Waals surface area contributed by atoms with Crippen molar-refractivity contribution in [2.45, 2.75) is 24.7 Å². The number of amides is 2. The lowest BCUT2D eigenvalue weighted by Gasteiger charge is -2.19. The molecule has 0 aromatic heterocycles. The highest BCUT2D eigenvalue weighted by Crippen LogP contribution is 2.39. The van der Waals surface area contributed by atoms with Crippen LogP contribution in [0.4, 0.5) is 5.69 Å². The lowest BCUT2D eigenvalue weighted by atomic mass is 10.1. The Morgan fingerprint density at radius 1 is 1.26 bits per heavy atom. The Bertz CT molecular complexity index is 893. The first-order valence-electron chi connectivity index (χ1n) is 8.88. The SMILES string of the molecule is CCCCNC(=O)c1ccc2c(c1)NC(=O)/C(=C\c1cccc(OC)c1)S2. The summed E-state index contributed by atoms with van der Waals surface area (Å²) in [6, 6.07) is 12.9. The molecule has 0 atom stereocenters. The van der Waals surface area contributed by atoms with E-state index in [-0.39, 0.29) is 11.8 Å². The van der Waals surface area contributed by atoms with E-state index in [2.05, 4.69) is 17.6 Å². The number of hydrogen-bond acceptors (Lipinski definition) is 4. The minimum absolute atomic E-state index is 0.122. The summed E-state index contributed by atoms with van der Waals surface area (Å²) < 4.78 is 5.22. The van der Waals surface area contributed by atoms with Gasteiger partial charge in [0.15, 0.2) is 0 Å². The largest absolute Gasteiger partial charge is 0.497 e. The third-order valence-electron chi connectivity index (χ3n) is 4.14. The summed E-state index contributed by atoms with van der Waals surface area (Å²) in [6.07, 6.45) is 3.80. The monoisotopic (exact) mass is 382 g/mol. The van der Waals surface area contributed by atoms with Crippen LogP contribution in [0.1, 0.15) is 35.7 Å². The van der Waals surface area contributed by atoms with Gasteiger partial charge in [-0.15, -0.1) is 0 Å². The molecule has 6 heteroatoms. The van der Waals surface area contributed by atoms with Crippen LogP contribution in [0.3, 0.4) is 0 Å². The van der Waals surface area contributed by atoms with Gasteiger partial charge in [0.05, 0.1) is 17.7 Å². The standard InChI is InChI=1S/C21H22N2O3S/c1-3-4-10-22-20(24)15-8-9-18-17(13-15)23-21(25)19(27-18)12-14-6-5-7-16(11-14)26-2/h5-9,11-13H,3-4,10H2,1-2H3,(H,22,24)(H,23,25)/b19-12+. The highest BCUT2D eigenvalue weighted by molar-refractivity contribution is 8.04. The molecule has 0 unspecified atom stereocenters. The summed E-state index contributed by atoms with van der Waals surface area (Å²) in [5.74, 6) is 0.437. The number of fused-ring (bicyclic) bond motifs is 1. The van der Waals surface area contributed by atoms with Crippen molar-refractivity contribution < 1.29 is 14.3 Å². The Hall–Kier alpha value is -2.73. The summed E-state index contributed by atoms with van der Waals surface area (Å²) >= 11 is 1.39. The molecule has 0 bridgehead atoms. The van der Waals surface area contributed by atoms with Gasteiger partial charge in [-0.3, -0.25) is 9.59 Å². The molecule has 5 nitrogen and oxygen atoms in total. The highest BCUT2D eigenvalue weighted by Gasteiger charge is 2.22. The Balaban J connectivity index is 1.78. The van der Waals surface area contributed by atoms with E-state index in [1.165, 1.54) is 11.8 Å². The first-order chi connectivity index (χ1) is 13.1. The van der Waals surface area contributed by atoms with Crippen molar-refractivity contribution in [1.29, 1.82) is 0 Å². The van der Waals surface area contributed by atoms with E-state index in [4.69, 9.17) is 4.74 Å². The Morgan fingerprint density at radius 2 is 2.11 bits per heavy atom. The molecular weight excluding hydrogens is 360 g/mol. The smallest absolute Gasteiger partial charge is 0.262 e. The van der Waals surface area contributed by atoms with Gasteiger partial charge in [0.1, 0.15) is 5.75 Å². The van der Waals surface area contributed by atoms with Gasteiger partial charge in [0, 0.05) is 17.0 Å². The van der Waals surface area contributed by atoms with Gasteiger partial charge in [-0.2, -0.15) is 0 Å². The molecule has 27 heavy (non-hydrogen) atoms. The molecule has 0 fully saturated rings. The molecule has 140 valence electrons. The van der Waals surface area contributed by atoms with Crippen LogP contribution in [0.5, 0.6) is 5.75 Å². The maximum absolute atomic E-state index is 12.5. The van der Waals surface area contributed by atoms with E-state index in [1.807, 2.05) is 36.4 Å². The molecule has 2 N–H and O–H groups in total. The van der Waals surface area contributed by atoms with E-state index in [9.17, 15) is 9.59 Å². The quantitative estimate of drug-likeness (QED) is 0.577. The van der Waals surface area contributed by atoms with E-state index in [0.717, 1.165) is 29.1 Å². The fourth-order valence-electron chi connectivity index (χ4n) is 2.67. The molecule has 2 aromatic rings. The average molecular weight is 382 g/mol. The van der Waals surface area contributed by atoms with Gasteiger partial charge < -0.3 is 15.4 Å². The van der Waals surface area contributed by atoms with Crippen LogP contribution in [-0.2, 0) is 4.79 Å². The number of nitrogens with one attached hydrogen (secondary N) is 2. The van der Waals surface area contributed by atoms with Crippen molar-refractivity contribution >= 4 is 35.3 Å². The molecule has 0 aliphatic carbocycles. The van der Waals surface area contributed by atoms with Crippen LogP contribution in [0.25, 0.3) is 6.08 Å². The van der Waals surface area contributed by atoms with Gasteiger partial charge >= 0.3 is 0 Å². The second kappa shape index (κ2) is 8.77. The first kappa shape index (κ1) is 19.0. The average Bonchev–Trinajstić information content (AvgIpc) is 2.68. The number of anilines is 1. The maximum atomic E-state index is 12.5. The predicted molar refractivity (Wildman–Crippen MR) is 109 cm³/mol. The number of hydrogen-bond donors (Lipinski definition) is 2. The van der Waals surface area contributed by atoms with E-state index < -0.39 is 0 Å². The summed E-state index contributed by atoms with van der Waals surface area (Å²) in [5, 5.41) is 5.77. The zero-order valence-electron chi connectivity index (χ0n) is 15.4. The van der Waals surface area contributed by atoms with Crippen molar-refractivity contribution in [3.63, 3.8) is 0 Å². The van der Waals surface area contributed by atoms with Crippen molar-refractivity contribution in [3.8, 4) is 5.75 Å². The summed E-state index contributed by atoms with van der Waals surface area (Å²) in [6.45, 7) is 2.73. The van der Waals surface area contributed by atoms with Gasteiger partial charge in [0.2, 0.25) is 0 Å². The van der Waals surface area contributed by atoms with Crippen LogP contribution in [-0.4, -0.2) is 25.5 Å². The normalized spacial score (nSPS) is 14.4. The maximum Gasteiger partial charge on any atom is 0.262 e. The third kappa shape index (κ3) is 4.71. The lowest BCUT2D eigenvalue weighted by Crippen LogP contribution is -2.25. The highest BCUT2D eigenvalue weighted by atomic mass is 32.2. The zero-order chi connectivity index (χ0) is 19.2. The number of thioether (sulfide) groups is 1. The lowest BCUT2D eigenvalue weighted by molar-refractivity contribution is -0.112. The van der Waals surface area contributed by atoms with Crippen LogP contribution in [0.2, 0.25) is 0 Å². The van der Waals surface area contributed by atoms with Crippen molar-refractivity contribution in [2.24, 2.45) is 0 Å². The number of carbonyl (C=O) groups is 2. The summed E-state index contributed by atoms with van der Waals surface area (Å²) in [7, 11) is 1.61. The van der Waals surface area contributed by atoms with Crippen LogP contribution < -0.4 is 15.4 Å². The number of unbranched alkanes of at least 4 members (excludes halogenated alkanes) is 1. The van der Waals surface area contributed by atoms with Gasteiger partial charge in [0.25, 0.3) is 11.8 Å². The molecule has 3 rings (SSSR count).